The number of anilines is 1. The summed E-state index contributed by atoms with van der Waals surface area (Å²) in [4.78, 5) is 31.5. The van der Waals surface area contributed by atoms with Gasteiger partial charge in [0.1, 0.15) is 23.9 Å². The highest BCUT2D eigenvalue weighted by Gasteiger charge is 2.21. The number of aryl methyl sites for hydroxylation is 2. The van der Waals surface area contributed by atoms with Gasteiger partial charge in [0.2, 0.25) is 0 Å². The van der Waals surface area contributed by atoms with E-state index in [4.69, 9.17) is 15.5 Å². The number of ketones is 1. The number of nitrogens with one attached hydrogen (secondary N) is 1. The number of nitrogens with two attached hydrogens (primary N) is 1. The van der Waals surface area contributed by atoms with Crippen molar-refractivity contribution in [2.75, 3.05) is 25.9 Å². The molecule has 0 bridgehead atoms. The first kappa shape index (κ1) is 25.9. The molecule has 0 unspecified atom stereocenters. The smallest absolute Gasteiger partial charge is 0.185 e. The lowest BCUT2D eigenvalue weighted by molar-refractivity contribution is 0.0978. The van der Waals surface area contributed by atoms with E-state index in [-0.39, 0.29) is 29.5 Å². The number of carbonyl (C=O) groups excluding carboxylic acids is 1. The number of rotatable bonds is 10. The highest BCUT2D eigenvalue weighted by molar-refractivity contribution is 6.00. The van der Waals surface area contributed by atoms with Crippen LogP contribution in [0.3, 0.4) is 0 Å². The van der Waals surface area contributed by atoms with E-state index in [2.05, 4.69) is 20.3 Å². The summed E-state index contributed by atoms with van der Waals surface area (Å²) < 4.78 is 21.4. The molecule has 0 aliphatic rings. The Morgan fingerprint density at radius 2 is 1.82 bits per heavy atom. The third-order valence-electron chi connectivity index (χ3n) is 6.35. The standard InChI is InChI=1S/C29H28FN7O2/c1-32-14-15-39-25-4-3-13-33-22(25)11-12-24(38)28-29(31)36-26(18-5-8-20(30)9-6-18)27(35-28)19-7-10-21-23(16-19)37(2)17-34-21/h3-10,13,16-17,32H,11-12,14-15H2,1-2H3,(H2,31,36). The van der Waals surface area contributed by atoms with Crippen molar-refractivity contribution in [3.8, 4) is 28.3 Å². The first-order valence-electron chi connectivity index (χ1n) is 12.5. The SMILES string of the molecule is CNCCOc1cccnc1CCC(=O)c1nc(-c2ccc3ncn(C)c3c2)c(-c2ccc(F)cc2)nc1N. The number of imidazole rings is 1. The third-order valence-corrected chi connectivity index (χ3v) is 6.35. The number of halogens is 1. The summed E-state index contributed by atoms with van der Waals surface area (Å²) in [7, 11) is 3.75. The molecule has 0 saturated heterocycles. The zero-order chi connectivity index (χ0) is 27.4. The molecule has 39 heavy (non-hydrogen) atoms. The minimum atomic E-state index is -0.367. The molecule has 198 valence electrons. The van der Waals surface area contributed by atoms with Crippen LogP contribution < -0.4 is 15.8 Å². The van der Waals surface area contributed by atoms with Crippen LogP contribution in [0.25, 0.3) is 33.5 Å². The van der Waals surface area contributed by atoms with Crippen molar-refractivity contribution >= 4 is 22.6 Å². The Balaban J connectivity index is 1.50. The Bertz CT molecular complexity index is 1630. The maximum absolute atomic E-state index is 13.7. The molecule has 0 atom stereocenters. The molecule has 0 radical (unpaired) electrons. The summed E-state index contributed by atoms with van der Waals surface area (Å²) in [6.07, 6.45) is 3.87. The molecule has 5 rings (SSSR count). The van der Waals surface area contributed by atoms with Gasteiger partial charge in [0, 0.05) is 43.8 Å². The van der Waals surface area contributed by atoms with Gasteiger partial charge in [0.15, 0.2) is 11.6 Å². The Kier molecular flexibility index (Phi) is 7.55. The molecule has 3 aromatic heterocycles. The monoisotopic (exact) mass is 525 g/mol. The molecule has 0 fully saturated rings. The fourth-order valence-electron chi connectivity index (χ4n) is 4.29. The Morgan fingerprint density at radius 3 is 2.62 bits per heavy atom. The highest BCUT2D eigenvalue weighted by Crippen LogP contribution is 2.33. The minimum Gasteiger partial charge on any atom is -0.490 e. The zero-order valence-electron chi connectivity index (χ0n) is 21.7. The van der Waals surface area contributed by atoms with Crippen LogP contribution in [-0.4, -0.2) is 50.5 Å². The maximum Gasteiger partial charge on any atom is 0.185 e. The summed E-state index contributed by atoms with van der Waals surface area (Å²) in [5, 5.41) is 3.03. The number of Topliss-reactive ketones (excluding diaryl/α,β-unsaturated/α-hetero) is 1. The first-order chi connectivity index (χ1) is 18.9. The summed E-state index contributed by atoms with van der Waals surface area (Å²) in [6.45, 7) is 1.17. The van der Waals surface area contributed by atoms with Gasteiger partial charge in [-0.25, -0.2) is 19.3 Å². The van der Waals surface area contributed by atoms with E-state index in [1.165, 1.54) is 12.1 Å². The molecule has 9 nitrogen and oxygen atoms in total. The van der Waals surface area contributed by atoms with Crippen LogP contribution >= 0.6 is 0 Å². The molecule has 5 aromatic rings. The lowest BCUT2D eigenvalue weighted by atomic mass is 10.0. The number of carbonyl (C=O) groups is 1. The maximum atomic E-state index is 13.7. The van der Waals surface area contributed by atoms with Crippen LogP contribution in [-0.2, 0) is 13.5 Å². The van der Waals surface area contributed by atoms with Gasteiger partial charge in [-0.3, -0.25) is 9.78 Å². The molecule has 0 amide bonds. The molecule has 10 heteroatoms. The van der Waals surface area contributed by atoms with E-state index < -0.39 is 0 Å². The third kappa shape index (κ3) is 5.60. The van der Waals surface area contributed by atoms with Crippen molar-refractivity contribution in [2.24, 2.45) is 7.05 Å². The highest BCUT2D eigenvalue weighted by atomic mass is 19.1. The molecule has 3 N–H and O–H groups in total. The van der Waals surface area contributed by atoms with Crippen LogP contribution in [0.1, 0.15) is 22.6 Å². The van der Waals surface area contributed by atoms with E-state index in [9.17, 15) is 9.18 Å². The van der Waals surface area contributed by atoms with E-state index in [1.54, 1.807) is 30.7 Å². The fraction of sp³-hybridized carbons (Fsp3) is 0.207. The number of hydrogen-bond donors (Lipinski definition) is 2. The van der Waals surface area contributed by atoms with Gasteiger partial charge in [-0.2, -0.15) is 0 Å². The average Bonchev–Trinajstić information content (AvgIpc) is 3.32. The number of ether oxygens (including phenoxy) is 1. The number of nitrogen functional groups attached to an aromatic ring is 1. The van der Waals surface area contributed by atoms with Crippen molar-refractivity contribution in [3.05, 3.63) is 84.3 Å². The second kappa shape index (κ2) is 11.4. The predicted octanol–water partition coefficient (Wildman–Crippen LogP) is 4.23. The number of pyridine rings is 1. The summed E-state index contributed by atoms with van der Waals surface area (Å²) in [5.41, 5.74) is 11.0. The van der Waals surface area contributed by atoms with Gasteiger partial charge < -0.3 is 20.4 Å². The Morgan fingerprint density at radius 1 is 1.05 bits per heavy atom. The van der Waals surface area contributed by atoms with Crippen molar-refractivity contribution in [3.63, 3.8) is 0 Å². The summed E-state index contributed by atoms with van der Waals surface area (Å²) in [6, 6.07) is 15.3. The quantitative estimate of drug-likeness (QED) is 0.205. The van der Waals surface area contributed by atoms with Crippen LogP contribution in [0, 0.1) is 5.82 Å². The van der Waals surface area contributed by atoms with E-state index in [1.807, 2.05) is 42.9 Å². The zero-order valence-corrected chi connectivity index (χ0v) is 21.7. The normalized spacial score (nSPS) is 11.2. The van der Waals surface area contributed by atoms with Crippen molar-refractivity contribution in [2.45, 2.75) is 12.8 Å². The van der Waals surface area contributed by atoms with E-state index in [0.29, 0.717) is 48.0 Å². The topological polar surface area (TPSA) is 121 Å². The average molecular weight is 526 g/mol. The van der Waals surface area contributed by atoms with Crippen LogP contribution in [0.15, 0.2) is 67.1 Å². The van der Waals surface area contributed by atoms with Gasteiger partial charge >= 0.3 is 0 Å². The molecule has 0 spiro atoms. The van der Waals surface area contributed by atoms with Gasteiger partial charge in [-0.1, -0.05) is 6.07 Å². The Hall–Kier alpha value is -4.70. The fourth-order valence-corrected chi connectivity index (χ4v) is 4.29. The number of benzene rings is 2. The molecule has 2 aromatic carbocycles. The molecular formula is C29H28FN7O2. The van der Waals surface area contributed by atoms with Gasteiger partial charge in [-0.05, 0) is 55.6 Å². The molecular weight excluding hydrogens is 497 g/mol. The minimum absolute atomic E-state index is 0.0104. The van der Waals surface area contributed by atoms with Crippen molar-refractivity contribution in [1.82, 2.24) is 29.8 Å². The second-order valence-corrected chi connectivity index (χ2v) is 9.04. The molecule has 3 heterocycles. The number of hydrogen-bond acceptors (Lipinski definition) is 8. The van der Waals surface area contributed by atoms with Gasteiger partial charge in [-0.15, -0.1) is 0 Å². The molecule has 0 aliphatic carbocycles. The van der Waals surface area contributed by atoms with E-state index >= 15 is 0 Å². The van der Waals surface area contributed by atoms with Crippen molar-refractivity contribution < 1.29 is 13.9 Å². The molecule has 0 saturated carbocycles. The largest absolute Gasteiger partial charge is 0.490 e. The number of fused-ring (bicyclic) bond motifs is 1. The van der Waals surface area contributed by atoms with E-state index in [0.717, 1.165) is 16.6 Å². The summed E-state index contributed by atoms with van der Waals surface area (Å²) >= 11 is 0. The van der Waals surface area contributed by atoms with Gasteiger partial charge in [0.05, 0.1) is 34.4 Å². The van der Waals surface area contributed by atoms with Gasteiger partial charge in [0.25, 0.3) is 0 Å². The summed E-state index contributed by atoms with van der Waals surface area (Å²) in [5.74, 6) is 0.0149. The van der Waals surface area contributed by atoms with Crippen molar-refractivity contribution in [1.29, 1.82) is 0 Å². The first-order valence-corrected chi connectivity index (χ1v) is 12.5. The lowest BCUT2D eigenvalue weighted by Crippen LogP contribution is -2.17. The number of likely N-dealkylation sites (N-methyl/N-ethyl adjacent to an activating group) is 1. The lowest BCUT2D eigenvalue weighted by Gasteiger charge is -2.14. The van der Waals surface area contributed by atoms with Crippen LogP contribution in [0.4, 0.5) is 10.2 Å². The molecule has 0 aliphatic heterocycles. The predicted molar refractivity (Wildman–Crippen MR) is 148 cm³/mol. The Labute approximate surface area is 224 Å². The van der Waals surface area contributed by atoms with Crippen LogP contribution in [0.5, 0.6) is 5.75 Å². The number of aromatic nitrogens is 5. The number of nitrogens with zero attached hydrogens (tertiary/aromatic N) is 5. The second-order valence-electron chi connectivity index (χ2n) is 9.04. The van der Waals surface area contributed by atoms with Crippen LogP contribution in [0.2, 0.25) is 0 Å².